The van der Waals surface area contributed by atoms with Crippen LogP contribution in [0.1, 0.15) is 41.9 Å². The SMILES string of the molecule is O=C(NC(O)(O)O)c1ccc(N2CCC(N3CC4(c5cc6ccc(F)cc6c(=O)[nH]5)CC3C4)CC2)c(F)n1. The second kappa shape index (κ2) is 8.80. The number of hydrogen-bond acceptors (Lipinski definition) is 8. The molecule has 2 aromatic heterocycles. The maximum atomic E-state index is 14.7. The quantitative estimate of drug-likeness (QED) is 0.244. The Labute approximate surface area is 215 Å². The number of nitrogens with zero attached hydrogens (tertiary/aromatic N) is 3. The molecule has 1 amide bonds. The molecule has 4 aliphatic rings. The van der Waals surface area contributed by atoms with Crippen LogP contribution >= 0.6 is 0 Å². The molecule has 4 fully saturated rings. The number of pyridine rings is 2. The number of H-pyrrole nitrogens is 1. The van der Waals surface area contributed by atoms with Crippen molar-refractivity contribution in [1.29, 1.82) is 0 Å². The van der Waals surface area contributed by atoms with Crippen LogP contribution < -0.4 is 15.8 Å². The number of hydrogen-bond donors (Lipinski definition) is 5. The molecule has 3 saturated heterocycles. The predicted octanol–water partition coefficient (Wildman–Crippen LogP) is 0.904. The number of carbonyl (C=O) groups is 1. The smallest absolute Gasteiger partial charge is 0.368 e. The van der Waals surface area contributed by atoms with Crippen molar-refractivity contribution in [2.24, 2.45) is 0 Å². The first-order valence-electron chi connectivity index (χ1n) is 12.5. The average molecular weight is 528 g/mol. The molecule has 0 unspecified atom stereocenters. The standard InChI is InChI=1S/C26H27F2N5O5/c27-15-2-1-14-9-21(30-23(34)18(14)10-15)25-11-17(12-25)33(13-25)16-5-7-32(8-6-16)20-4-3-19(29-22(20)28)24(35)31-26(36,37)38/h1-4,9-10,16-17,36-38H,5-8,11-13H2,(H,30,34)(H,31,35). The van der Waals surface area contributed by atoms with Gasteiger partial charge in [-0.3, -0.25) is 19.8 Å². The van der Waals surface area contributed by atoms with Crippen molar-refractivity contribution >= 4 is 22.4 Å². The van der Waals surface area contributed by atoms with Crippen LogP contribution in [0.4, 0.5) is 14.5 Å². The van der Waals surface area contributed by atoms with Gasteiger partial charge in [0.25, 0.3) is 11.5 Å². The Morgan fingerprint density at radius 3 is 2.50 bits per heavy atom. The molecule has 3 aliphatic heterocycles. The van der Waals surface area contributed by atoms with Crippen LogP contribution in [-0.2, 0) is 5.41 Å². The van der Waals surface area contributed by atoms with Crippen LogP contribution in [0.25, 0.3) is 10.8 Å². The van der Waals surface area contributed by atoms with Crippen molar-refractivity contribution in [2.45, 2.75) is 49.3 Å². The molecule has 5 N–H and O–H groups in total. The van der Waals surface area contributed by atoms with Crippen LogP contribution in [0.2, 0.25) is 0 Å². The largest absolute Gasteiger partial charge is 0.369 e. The lowest BCUT2D eigenvalue weighted by molar-refractivity contribution is -0.323. The zero-order valence-corrected chi connectivity index (χ0v) is 20.3. The molecular weight excluding hydrogens is 500 g/mol. The van der Waals surface area contributed by atoms with E-state index in [1.54, 1.807) is 6.07 Å². The Morgan fingerprint density at radius 1 is 1.08 bits per heavy atom. The summed E-state index contributed by atoms with van der Waals surface area (Å²) in [6.07, 6.45) is 0.102. The van der Waals surface area contributed by atoms with Gasteiger partial charge in [-0.05, 0) is 61.4 Å². The highest BCUT2D eigenvalue weighted by Gasteiger charge is 2.58. The molecule has 200 valence electrons. The highest BCUT2D eigenvalue weighted by atomic mass is 19.1. The fraction of sp³-hybridized carbons (Fsp3) is 0.423. The van der Waals surface area contributed by atoms with Gasteiger partial charge in [-0.1, -0.05) is 6.07 Å². The molecule has 1 saturated carbocycles. The molecule has 0 atom stereocenters. The fourth-order valence-electron chi connectivity index (χ4n) is 6.38. The second-order valence-corrected chi connectivity index (χ2v) is 10.6. The summed E-state index contributed by atoms with van der Waals surface area (Å²) >= 11 is 0. The maximum Gasteiger partial charge on any atom is 0.369 e. The lowest BCUT2D eigenvalue weighted by Gasteiger charge is -2.40. The van der Waals surface area contributed by atoms with Gasteiger partial charge in [0, 0.05) is 48.2 Å². The van der Waals surface area contributed by atoms with Crippen molar-refractivity contribution in [3.05, 3.63) is 69.9 Å². The van der Waals surface area contributed by atoms with E-state index in [-0.39, 0.29) is 16.7 Å². The average Bonchev–Trinajstić information content (AvgIpc) is 3.41. The van der Waals surface area contributed by atoms with Gasteiger partial charge in [-0.25, -0.2) is 9.37 Å². The first kappa shape index (κ1) is 24.9. The van der Waals surface area contributed by atoms with Crippen molar-refractivity contribution in [3.63, 3.8) is 0 Å². The summed E-state index contributed by atoms with van der Waals surface area (Å²) in [5, 5.41) is 29.2. The number of carbonyl (C=O) groups excluding carboxylic acids is 1. The zero-order valence-electron chi connectivity index (χ0n) is 20.3. The third kappa shape index (κ3) is 4.33. The molecule has 12 heteroatoms. The van der Waals surface area contributed by atoms with Gasteiger partial charge in [0.15, 0.2) is 0 Å². The van der Waals surface area contributed by atoms with Crippen LogP contribution in [0, 0.1) is 11.8 Å². The number of aromatic amines is 1. The van der Waals surface area contributed by atoms with Crippen LogP contribution in [0.3, 0.4) is 0 Å². The second-order valence-electron chi connectivity index (χ2n) is 10.6. The van der Waals surface area contributed by atoms with E-state index >= 15 is 0 Å². The van der Waals surface area contributed by atoms with E-state index in [1.165, 1.54) is 29.6 Å². The van der Waals surface area contributed by atoms with E-state index in [0.29, 0.717) is 30.6 Å². The summed E-state index contributed by atoms with van der Waals surface area (Å²) in [6.45, 7) is 2.01. The highest BCUT2D eigenvalue weighted by molar-refractivity contribution is 5.92. The predicted molar refractivity (Wildman–Crippen MR) is 132 cm³/mol. The first-order valence-corrected chi connectivity index (χ1v) is 12.5. The van der Waals surface area contributed by atoms with Crippen molar-refractivity contribution in [2.75, 3.05) is 24.5 Å². The zero-order chi connectivity index (χ0) is 26.8. The monoisotopic (exact) mass is 527 g/mol. The maximum absolute atomic E-state index is 14.7. The first-order chi connectivity index (χ1) is 18.0. The number of fused-ring (bicyclic) bond motifs is 2. The number of benzene rings is 1. The summed E-state index contributed by atoms with van der Waals surface area (Å²) < 4.78 is 28.3. The summed E-state index contributed by atoms with van der Waals surface area (Å²) in [6, 6.07) is 9.65. The molecule has 3 aromatic rings. The minimum atomic E-state index is -3.42. The number of rotatable bonds is 5. The van der Waals surface area contributed by atoms with Gasteiger partial charge in [0.1, 0.15) is 11.5 Å². The molecule has 1 aromatic carbocycles. The van der Waals surface area contributed by atoms with E-state index in [0.717, 1.165) is 43.3 Å². The molecule has 0 radical (unpaired) electrons. The summed E-state index contributed by atoms with van der Waals surface area (Å²) in [7, 11) is 0. The summed E-state index contributed by atoms with van der Waals surface area (Å²) in [4.78, 5) is 35.5. The molecule has 38 heavy (non-hydrogen) atoms. The molecule has 10 nitrogen and oxygen atoms in total. The van der Waals surface area contributed by atoms with Gasteiger partial charge in [0.05, 0.1) is 5.69 Å². The number of aromatic nitrogens is 2. The van der Waals surface area contributed by atoms with Crippen molar-refractivity contribution in [3.8, 4) is 0 Å². The summed E-state index contributed by atoms with van der Waals surface area (Å²) in [5.41, 5.74) is 0.350. The third-order valence-corrected chi connectivity index (χ3v) is 8.20. The van der Waals surface area contributed by atoms with E-state index in [1.807, 2.05) is 11.0 Å². The Hall–Kier alpha value is -3.45. The van der Waals surface area contributed by atoms with Gasteiger partial charge in [-0.15, -0.1) is 0 Å². The Morgan fingerprint density at radius 2 is 1.82 bits per heavy atom. The molecule has 5 heterocycles. The molecular formula is C26H27F2N5O5. The van der Waals surface area contributed by atoms with Gasteiger partial charge in [0.2, 0.25) is 5.95 Å². The van der Waals surface area contributed by atoms with Gasteiger partial charge in [-0.2, -0.15) is 4.39 Å². The lowest BCUT2D eigenvalue weighted by Crippen LogP contribution is -2.48. The molecule has 0 spiro atoms. The number of piperidine rings is 1. The van der Waals surface area contributed by atoms with Crippen LogP contribution in [0.5, 0.6) is 0 Å². The Kier molecular flexibility index (Phi) is 5.76. The van der Waals surface area contributed by atoms with Gasteiger partial charge < -0.3 is 25.2 Å². The number of halogens is 2. The van der Waals surface area contributed by atoms with Crippen molar-refractivity contribution < 1.29 is 28.9 Å². The topological polar surface area (TPSA) is 142 Å². The van der Waals surface area contributed by atoms with E-state index < -0.39 is 29.5 Å². The lowest BCUT2D eigenvalue weighted by atomic mass is 9.67. The fourth-order valence-corrected chi connectivity index (χ4v) is 6.38. The highest BCUT2D eigenvalue weighted by Crippen LogP contribution is 2.54. The summed E-state index contributed by atoms with van der Waals surface area (Å²) in [5.74, 6) is -2.43. The third-order valence-electron chi connectivity index (χ3n) is 8.20. The number of amides is 1. The molecule has 7 rings (SSSR count). The van der Waals surface area contributed by atoms with E-state index in [9.17, 15) is 18.4 Å². The number of anilines is 1. The minimum Gasteiger partial charge on any atom is -0.368 e. The molecule has 2 bridgehead atoms. The Bertz CT molecular complexity index is 1480. The number of aliphatic hydroxyl groups is 3. The van der Waals surface area contributed by atoms with Gasteiger partial charge >= 0.3 is 6.10 Å². The van der Waals surface area contributed by atoms with E-state index in [2.05, 4.69) is 14.9 Å². The van der Waals surface area contributed by atoms with Crippen molar-refractivity contribution in [1.82, 2.24) is 20.2 Å². The molecule has 1 aliphatic carbocycles. The minimum absolute atomic E-state index is 0.120. The van der Waals surface area contributed by atoms with Crippen LogP contribution in [0.15, 0.2) is 41.2 Å². The Balaban J connectivity index is 1.11. The normalized spacial score (nSPS) is 24.0. The van der Waals surface area contributed by atoms with E-state index in [4.69, 9.17) is 15.3 Å². The number of nitrogens with one attached hydrogen (secondary N) is 2. The van der Waals surface area contributed by atoms with Crippen LogP contribution in [-0.4, -0.2) is 73.9 Å².